The highest BCUT2D eigenvalue weighted by Gasteiger charge is 2.11. The molecule has 4 nitrogen and oxygen atoms in total. The van der Waals surface area contributed by atoms with Crippen molar-refractivity contribution in [1.82, 2.24) is 10.3 Å². The number of benzene rings is 1. The quantitative estimate of drug-likeness (QED) is 0.606. The number of aliphatic hydroxyl groups excluding tert-OH is 1. The van der Waals surface area contributed by atoms with E-state index in [1.807, 2.05) is 30.3 Å². The van der Waals surface area contributed by atoms with Crippen molar-refractivity contribution in [2.45, 2.75) is 12.3 Å². The molecule has 0 radical (unpaired) electrons. The van der Waals surface area contributed by atoms with Gasteiger partial charge in [0.05, 0.1) is 0 Å². The Kier molecular flexibility index (Phi) is 6.78. The smallest absolute Gasteiger partial charge is 0.244 e. The number of aliphatic hydroxyl groups is 1. The van der Waals surface area contributed by atoms with Crippen LogP contribution in [0.1, 0.15) is 23.5 Å². The molecule has 0 aliphatic heterocycles. The second kappa shape index (κ2) is 9.08. The van der Waals surface area contributed by atoms with Crippen molar-refractivity contribution < 1.29 is 9.90 Å². The molecule has 0 saturated carbocycles. The van der Waals surface area contributed by atoms with E-state index in [1.54, 1.807) is 24.4 Å². The maximum atomic E-state index is 11.9. The molecule has 0 spiro atoms. The number of hydrogen-bond acceptors (Lipinski definition) is 3. The van der Waals surface area contributed by atoms with Crippen molar-refractivity contribution in [2.24, 2.45) is 0 Å². The summed E-state index contributed by atoms with van der Waals surface area (Å²) in [6, 6.07) is 13.3. The molecule has 5 heteroatoms. The topological polar surface area (TPSA) is 62.2 Å². The van der Waals surface area contributed by atoms with Crippen LogP contribution in [0.5, 0.6) is 0 Å². The lowest BCUT2D eigenvalue weighted by atomic mass is 9.96. The molecule has 120 valence electrons. The zero-order chi connectivity index (χ0) is 16.5. The molecule has 2 aromatic rings. The average Bonchev–Trinajstić information content (AvgIpc) is 2.57. The number of halogens is 1. The molecule has 2 N–H and O–H groups in total. The summed E-state index contributed by atoms with van der Waals surface area (Å²) in [5, 5.41) is 12.5. The molecule has 1 aromatic carbocycles. The van der Waals surface area contributed by atoms with Crippen LogP contribution in [0.3, 0.4) is 0 Å². The first kappa shape index (κ1) is 17.2. The normalized spacial score (nSPS) is 12.3. The number of carbonyl (C=O) groups is 1. The van der Waals surface area contributed by atoms with E-state index in [1.165, 1.54) is 6.08 Å². The van der Waals surface area contributed by atoms with Crippen LogP contribution < -0.4 is 5.32 Å². The van der Waals surface area contributed by atoms with E-state index in [-0.39, 0.29) is 18.4 Å². The second-order valence-corrected chi connectivity index (χ2v) is 5.50. The predicted octanol–water partition coefficient (Wildman–Crippen LogP) is 3.03. The van der Waals surface area contributed by atoms with E-state index in [0.717, 1.165) is 11.1 Å². The Labute approximate surface area is 140 Å². The molecule has 0 aliphatic carbocycles. The van der Waals surface area contributed by atoms with E-state index < -0.39 is 0 Å². The fourth-order valence-corrected chi connectivity index (χ4v) is 2.43. The highest BCUT2D eigenvalue weighted by atomic mass is 35.5. The summed E-state index contributed by atoms with van der Waals surface area (Å²) in [7, 11) is 0. The monoisotopic (exact) mass is 330 g/mol. The Hall–Kier alpha value is -2.17. The molecule has 1 aromatic heterocycles. The third kappa shape index (κ3) is 5.85. The molecular formula is C18H19ClN2O2. The van der Waals surface area contributed by atoms with E-state index in [9.17, 15) is 9.90 Å². The summed E-state index contributed by atoms with van der Waals surface area (Å²) >= 11 is 5.80. The zero-order valence-corrected chi connectivity index (χ0v) is 13.4. The van der Waals surface area contributed by atoms with Crippen molar-refractivity contribution in [3.8, 4) is 0 Å². The van der Waals surface area contributed by atoms with Crippen LogP contribution in [0.4, 0.5) is 0 Å². The molecular weight excluding hydrogens is 312 g/mol. The minimum atomic E-state index is -0.184. The molecule has 0 aliphatic rings. The number of nitrogens with zero attached hydrogens (tertiary/aromatic N) is 1. The second-order valence-electron chi connectivity index (χ2n) is 5.11. The van der Waals surface area contributed by atoms with Crippen LogP contribution in [-0.4, -0.2) is 29.1 Å². The van der Waals surface area contributed by atoms with Gasteiger partial charge in [0.25, 0.3) is 0 Å². The van der Waals surface area contributed by atoms with E-state index in [4.69, 9.17) is 11.6 Å². The Morgan fingerprint density at radius 3 is 2.78 bits per heavy atom. The Morgan fingerprint density at radius 2 is 2.09 bits per heavy atom. The Morgan fingerprint density at radius 1 is 1.30 bits per heavy atom. The van der Waals surface area contributed by atoms with Gasteiger partial charge in [-0.15, -0.1) is 0 Å². The van der Waals surface area contributed by atoms with Gasteiger partial charge in [0, 0.05) is 31.3 Å². The van der Waals surface area contributed by atoms with Crippen molar-refractivity contribution >= 4 is 23.6 Å². The maximum absolute atomic E-state index is 11.9. The van der Waals surface area contributed by atoms with Gasteiger partial charge in [-0.3, -0.25) is 4.79 Å². The number of pyridine rings is 1. The minimum absolute atomic E-state index is 0.0841. The molecule has 0 bridgehead atoms. The van der Waals surface area contributed by atoms with Gasteiger partial charge in [0.2, 0.25) is 5.91 Å². The predicted molar refractivity (Wildman–Crippen MR) is 92.2 cm³/mol. The van der Waals surface area contributed by atoms with E-state index in [0.29, 0.717) is 18.1 Å². The van der Waals surface area contributed by atoms with Gasteiger partial charge in [-0.25, -0.2) is 4.98 Å². The van der Waals surface area contributed by atoms with Crippen molar-refractivity contribution in [2.75, 3.05) is 13.2 Å². The van der Waals surface area contributed by atoms with Gasteiger partial charge in [-0.1, -0.05) is 41.9 Å². The molecule has 1 atom stereocenters. The summed E-state index contributed by atoms with van der Waals surface area (Å²) in [5.74, 6) is -0.0919. The van der Waals surface area contributed by atoms with Crippen molar-refractivity contribution in [3.63, 3.8) is 0 Å². The zero-order valence-electron chi connectivity index (χ0n) is 12.7. The SMILES string of the molecule is O=C(/C=C/c1ccnc(Cl)c1)NCC(CCO)c1ccccc1. The molecule has 0 fully saturated rings. The van der Waals surface area contributed by atoms with Gasteiger partial charge in [0.1, 0.15) is 5.15 Å². The number of hydrogen-bond donors (Lipinski definition) is 2. The van der Waals surface area contributed by atoms with Gasteiger partial charge in [0.15, 0.2) is 0 Å². The minimum Gasteiger partial charge on any atom is -0.396 e. The van der Waals surface area contributed by atoms with E-state index >= 15 is 0 Å². The molecule has 2 rings (SSSR count). The maximum Gasteiger partial charge on any atom is 0.244 e. The molecule has 1 unspecified atom stereocenters. The first-order chi connectivity index (χ1) is 11.2. The first-order valence-corrected chi connectivity index (χ1v) is 7.80. The fraction of sp³-hybridized carbons (Fsp3) is 0.222. The Balaban J connectivity index is 1.91. The number of aromatic nitrogens is 1. The summed E-state index contributed by atoms with van der Waals surface area (Å²) in [6.45, 7) is 0.561. The molecule has 1 heterocycles. The van der Waals surface area contributed by atoms with Gasteiger partial charge >= 0.3 is 0 Å². The van der Waals surface area contributed by atoms with E-state index in [2.05, 4.69) is 10.3 Å². The lowest BCUT2D eigenvalue weighted by molar-refractivity contribution is -0.116. The van der Waals surface area contributed by atoms with Crippen LogP contribution in [0, 0.1) is 0 Å². The summed E-state index contributed by atoms with van der Waals surface area (Å²) in [6.07, 6.45) is 5.35. The Bertz CT molecular complexity index is 659. The third-order valence-electron chi connectivity index (χ3n) is 3.45. The molecule has 23 heavy (non-hydrogen) atoms. The highest BCUT2D eigenvalue weighted by Crippen LogP contribution is 2.18. The van der Waals surface area contributed by atoms with Crippen molar-refractivity contribution in [3.05, 3.63) is 71.0 Å². The number of rotatable bonds is 7. The van der Waals surface area contributed by atoms with Crippen LogP contribution in [0.15, 0.2) is 54.7 Å². The lowest BCUT2D eigenvalue weighted by Crippen LogP contribution is -2.27. The summed E-state index contributed by atoms with van der Waals surface area (Å²) in [4.78, 5) is 15.8. The molecule has 0 saturated heterocycles. The largest absolute Gasteiger partial charge is 0.396 e. The number of nitrogens with one attached hydrogen (secondary N) is 1. The van der Waals surface area contributed by atoms with Gasteiger partial charge < -0.3 is 10.4 Å². The highest BCUT2D eigenvalue weighted by molar-refractivity contribution is 6.29. The van der Waals surface area contributed by atoms with Crippen LogP contribution >= 0.6 is 11.6 Å². The van der Waals surface area contributed by atoms with Crippen LogP contribution in [-0.2, 0) is 4.79 Å². The summed E-state index contributed by atoms with van der Waals surface area (Å²) < 4.78 is 0. The first-order valence-electron chi connectivity index (χ1n) is 7.42. The summed E-state index contributed by atoms with van der Waals surface area (Å²) in [5.41, 5.74) is 1.92. The number of carbonyl (C=O) groups excluding carboxylic acids is 1. The number of amides is 1. The van der Waals surface area contributed by atoms with Crippen LogP contribution in [0.2, 0.25) is 5.15 Å². The fourth-order valence-electron chi connectivity index (χ4n) is 2.24. The third-order valence-corrected chi connectivity index (χ3v) is 3.66. The van der Waals surface area contributed by atoms with Crippen molar-refractivity contribution in [1.29, 1.82) is 0 Å². The lowest BCUT2D eigenvalue weighted by Gasteiger charge is -2.16. The average molecular weight is 331 g/mol. The van der Waals surface area contributed by atoms with Crippen LogP contribution in [0.25, 0.3) is 6.08 Å². The van der Waals surface area contributed by atoms with Gasteiger partial charge in [-0.2, -0.15) is 0 Å². The van der Waals surface area contributed by atoms with Gasteiger partial charge in [-0.05, 0) is 35.8 Å². The molecule has 1 amide bonds. The standard InChI is InChI=1S/C18H19ClN2O2/c19-17-12-14(8-10-20-17)6-7-18(23)21-13-16(9-11-22)15-4-2-1-3-5-15/h1-8,10,12,16,22H,9,11,13H2,(H,21,23)/b7-6+.